The molecule has 1 atom stereocenters. The van der Waals surface area contributed by atoms with Gasteiger partial charge in [0.25, 0.3) is 5.91 Å². The number of rotatable bonds is 4. The molecule has 1 aliphatic heterocycles. The Morgan fingerprint density at radius 2 is 1.93 bits per heavy atom. The van der Waals surface area contributed by atoms with Crippen LogP contribution in [0.3, 0.4) is 0 Å². The average Bonchev–Trinajstić information content (AvgIpc) is 3.16. The molecule has 3 aromatic rings. The highest BCUT2D eigenvalue weighted by Crippen LogP contribution is 2.35. The first-order chi connectivity index (χ1) is 13.0. The van der Waals surface area contributed by atoms with Crippen molar-refractivity contribution < 1.29 is 18.4 Å². The number of hydrogen-bond donors (Lipinski definition) is 2. The maximum Gasteiger partial charge on any atom is 0.251 e. The number of carbonyl (C=O) groups excluding carboxylic acids is 2. The van der Waals surface area contributed by atoms with E-state index >= 15 is 0 Å². The molecule has 1 aromatic heterocycles. The first kappa shape index (κ1) is 16.9. The van der Waals surface area contributed by atoms with Gasteiger partial charge in [-0.2, -0.15) is 5.10 Å². The van der Waals surface area contributed by atoms with Gasteiger partial charge in [-0.25, -0.2) is 13.5 Å². The summed E-state index contributed by atoms with van der Waals surface area (Å²) in [4.78, 5) is 24.6. The Hall–Kier alpha value is -3.55. The van der Waals surface area contributed by atoms with Crippen molar-refractivity contribution in [3.05, 3.63) is 66.4 Å². The highest BCUT2D eigenvalue weighted by molar-refractivity contribution is 6.04. The maximum atomic E-state index is 13.2. The molecule has 6 nitrogen and oxygen atoms in total. The standard InChI is InChI=1S/C19H14F2N4O2/c20-12-6-4-11(5-7-12)15-10-22-25-16(19(27)24-18(15)25)9-17(26)23-14-3-1-2-13(21)8-14/h1-8,10,16H,9H2,(H,23,26)(H,24,27). The molecule has 0 spiro atoms. The van der Waals surface area contributed by atoms with E-state index in [0.29, 0.717) is 22.6 Å². The largest absolute Gasteiger partial charge is 0.326 e. The molecule has 0 radical (unpaired) electrons. The lowest BCUT2D eigenvalue weighted by molar-refractivity contribution is -0.123. The van der Waals surface area contributed by atoms with Crippen LogP contribution in [0, 0.1) is 11.6 Å². The van der Waals surface area contributed by atoms with Gasteiger partial charge in [-0.05, 0) is 35.9 Å². The number of nitrogens with one attached hydrogen (secondary N) is 2. The number of hydrogen-bond acceptors (Lipinski definition) is 3. The SMILES string of the molecule is O=C(CC1C(=O)Nc2c(-c3ccc(F)cc3)cnn21)Nc1cccc(F)c1. The summed E-state index contributed by atoms with van der Waals surface area (Å²) in [6.45, 7) is 0. The van der Waals surface area contributed by atoms with Gasteiger partial charge < -0.3 is 10.6 Å². The number of fused-ring (bicyclic) bond motifs is 1. The van der Waals surface area contributed by atoms with Crippen LogP contribution in [0.4, 0.5) is 20.3 Å². The molecular formula is C19H14F2N4O2. The monoisotopic (exact) mass is 368 g/mol. The van der Waals surface area contributed by atoms with Gasteiger partial charge in [0.05, 0.1) is 12.6 Å². The van der Waals surface area contributed by atoms with E-state index in [1.807, 2.05) is 0 Å². The summed E-state index contributed by atoms with van der Waals surface area (Å²) in [5, 5.41) is 9.48. The molecule has 27 heavy (non-hydrogen) atoms. The summed E-state index contributed by atoms with van der Waals surface area (Å²) < 4.78 is 27.8. The van der Waals surface area contributed by atoms with E-state index in [0.717, 1.165) is 0 Å². The van der Waals surface area contributed by atoms with E-state index in [1.54, 1.807) is 24.4 Å². The Morgan fingerprint density at radius 1 is 1.15 bits per heavy atom. The number of carbonyl (C=O) groups is 2. The van der Waals surface area contributed by atoms with Crippen molar-refractivity contribution in [1.82, 2.24) is 9.78 Å². The summed E-state index contributed by atoms with van der Waals surface area (Å²) in [6.07, 6.45) is 1.40. The lowest BCUT2D eigenvalue weighted by Gasteiger charge is -2.10. The van der Waals surface area contributed by atoms with Crippen molar-refractivity contribution in [2.45, 2.75) is 12.5 Å². The molecule has 4 rings (SSSR count). The minimum Gasteiger partial charge on any atom is -0.326 e. The number of nitrogens with zero attached hydrogens (tertiary/aromatic N) is 2. The zero-order valence-corrected chi connectivity index (χ0v) is 13.9. The van der Waals surface area contributed by atoms with Crippen LogP contribution in [-0.4, -0.2) is 21.6 Å². The van der Waals surface area contributed by atoms with Crippen LogP contribution in [0.1, 0.15) is 12.5 Å². The minimum absolute atomic E-state index is 0.153. The molecule has 2 N–H and O–H groups in total. The molecule has 136 valence electrons. The second kappa shape index (κ2) is 6.64. The van der Waals surface area contributed by atoms with Gasteiger partial charge in [0.2, 0.25) is 5.91 Å². The van der Waals surface area contributed by atoms with Gasteiger partial charge in [0, 0.05) is 11.3 Å². The summed E-state index contributed by atoms with van der Waals surface area (Å²) in [5.41, 5.74) is 1.64. The van der Waals surface area contributed by atoms with Crippen LogP contribution >= 0.6 is 0 Å². The van der Waals surface area contributed by atoms with Crippen LogP contribution in [0.2, 0.25) is 0 Å². The summed E-state index contributed by atoms with van der Waals surface area (Å²) in [7, 11) is 0. The highest BCUT2D eigenvalue weighted by atomic mass is 19.1. The van der Waals surface area contributed by atoms with Crippen molar-refractivity contribution in [3.63, 3.8) is 0 Å². The number of halogens is 2. The molecule has 0 aliphatic carbocycles. The molecule has 0 saturated carbocycles. The van der Waals surface area contributed by atoms with Gasteiger partial charge >= 0.3 is 0 Å². The fraction of sp³-hybridized carbons (Fsp3) is 0.105. The summed E-state index contributed by atoms with van der Waals surface area (Å²) >= 11 is 0. The Bertz CT molecular complexity index is 1030. The third kappa shape index (κ3) is 3.29. The van der Waals surface area contributed by atoms with Gasteiger partial charge in [0.15, 0.2) is 0 Å². The van der Waals surface area contributed by atoms with E-state index in [1.165, 1.54) is 35.0 Å². The van der Waals surface area contributed by atoms with Crippen LogP contribution in [0.5, 0.6) is 0 Å². The van der Waals surface area contributed by atoms with Crippen molar-refractivity contribution >= 4 is 23.3 Å². The van der Waals surface area contributed by atoms with E-state index in [9.17, 15) is 18.4 Å². The summed E-state index contributed by atoms with van der Waals surface area (Å²) in [5.74, 6) is -1.18. The molecular weight excluding hydrogens is 354 g/mol. The zero-order valence-electron chi connectivity index (χ0n) is 13.9. The van der Waals surface area contributed by atoms with E-state index in [-0.39, 0.29) is 18.1 Å². The predicted molar refractivity (Wildman–Crippen MR) is 94.9 cm³/mol. The molecule has 0 fully saturated rings. The molecule has 0 bridgehead atoms. The highest BCUT2D eigenvalue weighted by Gasteiger charge is 2.35. The van der Waals surface area contributed by atoms with Crippen LogP contribution in [0.15, 0.2) is 54.7 Å². The topological polar surface area (TPSA) is 76.0 Å². The normalized spacial score (nSPS) is 15.3. The molecule has 1 aliphatic rings. The number of amides is 2. The fourth-order valence-corrected chi connectivity index (χ4v) is 3.01. The van der Waals surface area contributed by atoms with Crippen LogP contribution in [-0.2, 0) is 9.59 Å². The first-order valence-corrected chi connectivity index (χ1v) is 8.21. The smallest absolute Gasteiger partial charge is 0.251 e. The predicted octanol–water partition coefficient (Wildman–Crippen LogP) is 3.35. The lowest BCUT2D eigenvalue weighted by atomic mass is 10.1. The molecule has 1 unspecified atom stereocenters. The fourth-order valence-electron chi connectivity index (χ4n) is 3.01. The number of aromatic nitrogens is 2. The Morgan fingerprint density at radius 3 is 2.67 bits per heavy atom. The lowest BCUT2D eigenvalue weighted by Crippen LogP contribution is -2.23. The second-order valence-electron chi connectivity index (χ2n) is 6.13. The van der Waals surface area contributed by atoms with Gasteiger partial charge in [0.1, 0.15) is 23.5 Å². The molecule has 8 heteroatoms. The quantitative estimate of drug-likeness (QED) is 0.742. The molecule has 2 aromatic carbocycles. The Labute approximate surface area is 152 Å². The van der Waals surface area contributed by atoms with Crippen molar-refractivity contribution in [1.29, 1.82) is 0 Å². The van der Waals surface area contributed by atoms with Crippen molar-refractivity contribution in [3.8, 4) is 11.1 Å². The van der Waals surface area contributed by atoms with Gasteiger partial charge in [-0.3, -0.25) is 9.59 Å². The van der Waals surface area contributed by atoms with E-state index in [2.05, 4.69) is 15.7 Å². The third-order valence-electron chi connectivity index (χ3n) is 4.28. The minimum atomic E-state index is -0.817. The van der Waals surface area contributed by atoms with Crippen molar-refractivity contribution in [2.24, 2.45) is 0 Å². The third-order valence-corrected chi connectivity index (χ3v) is 4.28. The Kier molecular flexibility index (Phi) is 4.15. The molecule has 2 heterocycles. The van der Waals surface area contributed by atoms with Gasteiger partial charge in [-0.1, -0.05) is 18.2 Å². The number of anilines is 2. The zero-order chi connectivity index (χ0) is 19.0. The number of benzene rings is 2. The van der Waals surface area contributed by atoms with Crippen LogP contribution in [0.25, 0.3) is 11.1 Å². The summed E-state index contributed by atoms with van der Waals surface area (Å²) in [6, 6.07) is 10.5. The van der Waals surface area contributed by atoms with Crippen molar-refractivity contribution in [2.75, 3.05) is 10.6 Å². The molecule has 2 amide bonds. The average molecular weight is 368 g/mol. The first-order valence-electron chi connectivity index (χ1n) is 8.21. The van der Waals surface area contributed by atoms with E-state index in [4.69, 9.17) is 0 Å². The second-order valence-corrected chi connectivity index (χ2v) is 6.13. The van der Waals surface area contributed by atoms with E-state index < -0.39 is 17.8 Å². The Balaban J connectivity index is 1.54. The molecule has 0 saturated heterocycles. The van der Waals surface area contributed by atoms with Gasteiger partial charge in [-0.15, -0.1) is 0 Å². The maximum absolute atomic E-state index is 13.2. The van der Waals surface area contributed by atoms with Crippen LogP contribution < -0.4 is 10.6 Å².